The summed E-state index contributed by atoms with van der Waals surface area (Å²) in [5.41, 5.74) is 1.68. The van der Waals surface area contributed by atoms with Crippen LogP contribution in [0.25, 0.3) is 0 Å². The number of aromatic nitrogens is 1. The summed E-state index contributed by atoms with van der Waals surface area (Å²) in [6.45, 7) is 2.37. The molecule has 1 aromatic carbocycles. The van der Waals surface area contributed by atoms with Gasteiger partial charge in [0, 0.05) is 44.5 Å². The number of rotatable bonds is 7. The minimum absolute atomic E-state index is 0.227. The fourth-order valence-corrected chi connectivity index (χ4v) is 3.13. The molecule has 1 N–H and O–H groups in total. The van der Waals surface area contributed by atoms with Gasteiger partial charge in [0.25, 0.3) is 11.8 Å². The highest BCUT2D eigenvalue weighted by Crippen LogP contribution is 2.13. The lowest BCUT2D eigenvalue weighted by Crippen LogP contribution is -2.48. The number of nitrogens with one attached hydrogen (secondary N) is 1. The molecule has 0 unspecified atom stereocenters. The summed E-state index contributed by atoms with van der Waals surface area (Å²) >= 11 is 0. The van der Waals surface area contributed by atoms with Crippen LogP contribution in [-0.2, 0) is 11.2 Å². The van der Waals surface area contributed by atoms with Gasteiger partial charge in [-0.25, -0.2) is 0 Å². The number of ether oxygens (including phenoxy) is 1. The Morgan fingerprint density at radius 2 is 1.97 bits per heavy atom. The van der Waals surface area contributed by atoms with Crippen molar-refractivity contribution in [2.24, 2.45) is 0 Å². The zero-order valence-electron chi connectivity index (χ0n) is 16.3. The Kier molecular flexibility index (Phi) is 6.78. The van der Waals surface area contributed by atoms with Gasteiger partial charge in [-0.1, -0.05) is 12.1 Å². The first-order valence-corrected chi connectivity index (χ1v) is 9.46. The summed E-state index contributed by atoms with van der Waals surface area (Å²) in [7, 11) is 1.62. The minimum Gasteiger partial charge on any atom is -0.497 e. The Labute approximate surface area is 169 Å². The van der Waals surface area contributed by atoms with Crippen molar-refractivity contribution in [1.82, 2.24) is 20.1 Å². The van der Waals surface area contributed by atoms with Crippen LogP contribution in [0.3, 0.4) is 0 Å². The molecule has 0 radical (unpaired) electrons. The van der Waals surface area contributed by atoms with Gasteiger partial charge in [-0.05, 0) is 36.2 Å². The molecule has 8 heteroatoms. The van der Waals surface area contributed by atoms with Crippen LogP contribution < -0.4 is 10.1 Å². The Morgan fingerprint density at radius 3 is 2.69 bits per heavy atom. The Balaban J connectivity index is 1.56. The molecule has 0 atom stereocenters. The molecule has 2 aromatic rings. The van der Waals surface area contributed by atoms with Crippen molar-refractivity contribution in [3.8, 4) is 5.75 Å². The van der Waals surface area contributed by atoms with E-state index in [4.69, 9.17) is 4.74 Å². The number of carbonyl (C=O) groups excluding carboxylic acids is 3. The number of hydrogen-bond donors (Lipinski definition) is 1. The lowest BCUT2D eigenvalue weighted by Gasteiger charge is -2.32. The second-order valence-electron chi connectivity index (χ2n) is 6.72. The second-order valence-corrected chi connectivity index (χ2v) is 6.72. The third-order valence-electron chi connectivity index (χ3n) is 4.83. The molecule has 1 fully saturated rings. The topological polar surface area (TPSA) is 91.8 Å². The van der Waals surface area contributed by atoms with Crippen LogP contribution in [-0.4, -0.2) is 72.8 Å². The van der Waals surface area contributed by atoms with E-state index in [1.54, 1.807) is 23.0 Å². The van der Waals surface area contributed by atoms with E-state index in [2.05, 4.69) is 10.3 Å². The van der Waals surface area contributed by atoms with Crippen molar-refractivity contribution in [3.05, 3.63) is 59.4 Å². The summed E-state index contributed by atoms with van der Waals surface area (Å²) in [4.78, 5) is 43.3. The number of carbonyl (C=O) groups is 3. The molecule has 3 rings (SSSR count). The summed E-state index contributed by atoms with van der Waals surface area (Å²) in [6.07, 6.45) is 2.92. The van der Waals surface area contributed by atoms with Crippen molar-refractivity contribution in [1.29, 1.82) is 0 Å². The SMILES string of the molecule is COc1cccc(CCNC(=O)c2ccnc(C(=O)N3CCN(C=O)CC3)c2)c1. The van der Waals surface area contributed by atoms with Crippen molar-refractivity contribution < 1.29 is 19.1 Å². The van der Waals surface area contributed by atoms with Gasteiger partial charge in [-0.2, -0.15) is 0 Å². The van der Waals surface area contributed by atoms with Crippen LogP contribution in [0.15, 0.2) is 42.6 Å². The van der Waals surface area contributed by atoms with Gasteiger partial charge in [0.2, 0.25) is 6.41 Å². The Morgan fingerprint density at radius 1 is 1.17 bits per heavy atom. The van der Waals surface area contributed by atoms with E-state index >= 15 is 0 Å². The van der Waals surface area contributed by atoms with E-state index in [1.165, 1.54) is 12.3 Å². The fraction of sp³-hybridized carbons (Fsp3) is 0.333. The molecule has 1 aromatic heterocycles. The van der Waals surface area contributed by atoms with Gasteiger partial charge in [0.05, 0.1) is 7.11 Å². The van der Waals surface area contributed by atoms with Crippen molar-refractivity contribution >= 4 is 18.2 Å². The van der Waals surface area contributed by atoms with E-state index in [0.717, 1.165) is 17.7 Å². The molecular weight excluding hydrogens is 372 g/mol. The molecule has 152 valence electrons. The maximum atomic E-state index is 12.6. The van der Waals surface area contributed by atoms with E-state index in [-0.39, 0.29) is 17.5 Å². The van der Waals surface area contributed by atoms with Gasteiger partial charge >= 0.3 is 0 Å². The zero-order chi connectivity index (χ0) is 20.6. The largest absolute Gasteiger partial charge is 0.497 e. The van der Waals surface area contributed by atoms with Gasteiger partial charge in [-0.15, -0.1) is 0 Å². The standard InChI is InChI=1S/C21H24N4O4/c1-29-18-4-2-3-16(13-18)5-7-23-20(27)17-6-8-22-19(14-17)21(28)25-11-9-24(15-26)10-12-25/h2-4,6,8,13-15H,5,7,9-12H2,1H3,(H,23,27). The smallest absolute Gasteiger partial charge is 0.272 e. The highest BCUT2D eigenvalue weighted by atomic mass is 16.5. The third-order valence-corrected chi connectivity index (χ3v) is 4.83. The second kappa shape index (κ2) is 9.68. The van der Waals surface area contributed by atoms with Crippen LogP contribution in [0.4, 0.5) is 0 Å². The van der Waals surface area contributed by atoms with Crippen LogP contribution in [0, 0.1) is 0 Å². The number of amides is 3. The lowest BCUT2D eigenvalue weighted by atomic mass is 10.1. The van der Waals surface area contributed by atoms with E-state index < -0.39 is 0 Å². The lowest BCUT2D eigenvalue weighted by molar-refractivity contribution is -0.119. The number of nitrogens with zero attached hydrogens (tertiary/aromatic N) is 3. The molecule has 1 aliphatic heterocycles. The Bertz CT molecular complexity index is 878. The molecule has 1 aliphatic rings. The normalized spacial score (nSPS) is 13.7. The number of hydrogen-bond acceptors (Lipinski definition) is 5. The molecule has 1 saturated heterocycles. The first-order valence-electron chi connectivity index (χ1n) is 9.46. The maximum Gasteiger partial charge on any atom is 0.272 e. The van der Waals surface area contributed by atoms with Crippen LogP contribution >= 0.6 is 0 Å². The molecule has 2 heterocycles. The van der Waals surface area contributed by atoms with E-state index in [9.17, 15) is 14.4 Å². The summed E-state index contributed by atoms with van der Waals surface area (Å²) in [6, 6.07) is 10.8. The predicted molar refractivity (Wildman–Crippen MR) is 107 cm³/mol. The predicted octanol–water partition coefficient (Wildman–Crippen LogP) is 0.977. The number of piperazine rings is 1. The first-order chi connectivity index (χ1) is 14.1. The molecule has 8 nitrogen and oxygen atoms in total. The summed E-state index contributed by atoms with van der Waals surface area (Å²) in [5, 5.41) is 2.87. The highest BCUT2D eigenvalue weighted by molar-refractivity contribution is 5.98. The molecule has 0 bridgehead atoms. The van der Waals surface area contributed by atoms with Gasteiger partial charge in [0.1, 0.15) is 11.4 Å². The molecule has 0 spiro atoms. The monoisotopic (exact) mass is 396 g/mol. The highest BCUT2D eigenvalue weighted by Gasteiger charge is 2.22. The molecular formula is C21H24N4O4. The minimum atomic E-state index is -0.255. The summed E-state index contributed by atoms with van der Waals surface area (Å²) in [5.74, 6) is 0.289. The van der Waals surface area contributed by atoms with Gasteiger partial charge < -0.3 is 19.9 Å². The van der Waals surface area contributed by atoms with Crippen molar-refractivity contribution in [3.63, 3.8) is 0 Å². The van der Waals surface area contributed by atoms with Crippen molar-refractivity contribution in [2.75, 3.05) is 39.8 Å². The molecule has 0 aliphatic carbocycles. The van der Waals surface area contributed by atoms with Crippen LogP contribution in [0.1, 0.15) is 26.4 Å². The molecule has 29 heavy (non-hydrogen) atoms. The van der Waals surface area contributed by atoms with Crippen LogP contribution in [0.2, 0.25) is 0 Å². The molecule has 3 amide bonds. The average molecular weight is 396 g/mol. The fourth-order valence-electron chi connectivity index (χ4n) is 3.13. The first kappa shape index (κ1) is 20.3. The van der Waals surface area contributed by atoms with Crippen LogP contribution in [0.5, 0.6) is 5.75 Å². The zero-order valence-corrected chi connectivity index (χ0v) is 16.3. The maximum absolute atomic E-state index is 12.6. The van der Waals surface area contributed by atoms with E-state index in [0.29, 0.717) is 44.7 Å². The van der Waals surface area contributed by atoms with E-state index in [1.807, 2.05) is 24.3 Å². The van der Waals surface area contributed by atoms with Gasteiger partial charge in [0.15, 0.2) is 0 Å². The summed E-state index contributed by atoms with van der Waals surface area (Å²) < 4.78 is 5.20. The molecule has 0 saturated carbocycles. The number of pyridine rings is 1. The number of benzene rings is 1. The Hall–Kier alpha value is -3.42. The van der Waals surface area contributed by atoms with Crippen molar-refractivity contribution in [2.45, 2.75) is 6.42 Å². The van der Waals surface area contributed by atoms with Gasteiger partial charge in [-0.3, -0.25) is 19.4 Å². The third kappa shape index (κ3) is 5.31. The quantitative estimate of drug-likeness (QED) is 0.705. The average Bonchev–Trinajstić information content (AvgIpc) is 2.78. The number of methoxy groups -OCH3 is 1.